The maximum Gasteiger partial charge on any atom is 0.151 e. The standard InChI is InChI=1S/C16H18N4OS2.2ClH/c17-15(18)22-9-11-1-5-13(6-2-11)21-14-7-3-12(4-8-14)10-23-16(19)20;;/h1-8H,9-10H2,(H3,17,18)(H3,19,20);2*1H. The normalized spacial score (nSPS) is 9.44. The van der Waals surface area contributed by atoms with Crippen molar-refractivity contribution in [1.29, 1.82) is 10.8 Å². The van der Waals surface area contributed by atoms with Crippen LogP contribution < -0.4 is 16.2 Å². The van der Waals surface area contributed by atoms with E-state index in [0.29, 0.717) is 11.5 Å². The maximum atomic E-state index is 7.20. The van der Waals surface area contributed by atoms with Crippen LogP contribution in [0.1, 0.15) is 11.1 Å². The first-order valence-electron chi connectivity index (χ1n) is 6.82. The van der Waals surface area contributed by atoms with Crippen molar-refractivity contribution in [3.8, 4) is 11.5 Å². The third-order valence-electron chi connectivity index (χ3n) is 2.87. The van der Waals surface area contributed by atoms with E-state index < -0.39 is 0 Å². The van der Waals surface area contributed by atoms with E-state index in [9.17, 15) is 0 Å². The van der Waals surface area contributed by atoms with Gasteiger partial charge in [-0.1, -0.05) is 47.8 Å². The molecule has 0 saturated heterocycles. The van der Waals surface area contributed by atoms with Crippen molar-refractivity contribution in [2.24, 2.45) is 11.5 Å². The molecular formula is C16H20Cl2N4OS2. The average molecular weight is 419 g/mol. The fraction of sp³-hybridized carbons (Fsp3) is 0.125. The first kappa shape index (κ1) is 23.5. The molecule has 0 saturated carbocycles. The Labute approximate surface area is 168 Å². The van der Waals surface area contributed by atoms with Crippen LogP contribution in [-0.4, -0.2) is 10.3 Å². The minimum Gasteiger partial charge on any atom is -0.457 e. The number of hydrogen-bond acceptors (Lipinski definition) is 5. The van der Waals surface area contributed by atoms with Crippen LogP contribution in [0.15, 0.2) is 48.5 Å². The zero-order valence-electron chi connectivity index (χ0n) is 13.2. The van der Waals surface area contributed by atoms with Gasteiger partial charge in [0.05, 0.1) is 0 Å². The number of rotatable bonds is 6. The van der Waals surface area contributed by atoms with Gasteiger partial charge < -0.3 is 16.2 Å². The SMILES string of the molecule is Cl.Cl.N=C(N)SCc1ccc(Oc2ccc(CSC(=N)N)cc2)cc1. The number of thioether (sulfide) groups is 2. The van der Waals surface area contributed by atoms with Gasteiger partial charge in [0.2, 0.25) is 0 Å². The molecule has 0 radical (unpaired) electrons. The summed E-state index contributed by atoms with van der Waals surface area (Å²) in [7, 11) is 0. The monoisotopic (exact) mass is 418 g/mol. The lowest BCUT2D eigenvalue weighted by Gasteiger charge is -2.08. The van der Waals surface area contributed by atoms with Crippen molar-refractivity contribution in [2.45, 2.75) is 11.5 Å². The lowest BCUT2D eigenvalue weighted by molar-refractivity contribution is 0.482. The van der Waals surface area contributed by atoms with E-state index in [-0.39, 0.29) is 35.1 Å². The van der Waals surface area contributed by atoms with Crippen LogP contribution >= 0.6 is 48.3 Å². The first-order chi connectivity index (χ1) is 11.0. The Morgan fingerprint density at radius 1 is 0.720 bits per heavy atom. The number of nitrogens with two attached hydrogens (primary N) is 2. The lowest BCUT2D eigenvalue weighted by atomic mass is 10.2. The van der Waals surface area contributed by atoms with E-state index >= 15 is 0 Å². The van der Waals surface area contributed by atoms with Crippen LogP contribution in [0.4, 0.5) is 0 Å². The third-order valence-corrected chi connectivity index (χ3v) is 4.45. The van der Waals surface area contributed by atoms with Crippen molar-refractivity contribution < 1.29 is 4.74 Å². The Morgan fingerprint density at radius 3 is 1.32 bits per heavy atom. The molecule has 136 valence electrons. The summed E-state index contributed by atoms with van der Waals surface area (Å²) < 4.78 is 5.79. The fourth-order valence-corrected chi connectivity index (χ4v) is 2.79. The predicted octanol–water partition coefficient (Wildman–Crippen LogP) is 4.58. The molecule has 0 aromatic heterocycles. The van der Waals surface area contributed by atoms with Gasteiger partial charge in [-0.3, -0.25) is 10.8 Å². The number of benzene rings is 2. The van der Waals surface area contributed by atoms with Crippen molar-refractivity contribution in [3.05, 3.63) is 59.7 Å². The quantitative estimate of drug-likeness (QED) is 0.405. The second kappa shape index (κ2) is 11.9. The highest BCUT2D eigenvalue weighted by Crippen LogP contribution is 2.24. The second-order valence-corrected chi connectivity index (χ2v) is 6.73. The zero-order chi connectivity index (χ0) is 16.7. The Balaban J connectivity index is 0.00000288. The highest BCUT2D eigenvalue weighted by Gasteiger charge is 2.01. The molecule has 25 heavy (non-hydrogen) atoms. The zero-order valence-corrected chi connectivity index (χ0v) is 16.5. The van der Waals surface area contributed by atoms with Gasteiger partial charge in [-0.25, -0.2) is 0 Å². The molecule has 6 N–H and O–H groups in total. The summed E-state index contributed by atoms with van der Waals surface area (Å²) in [4.78, 5) is 0. The van der Waals surface area contributed by atoms with Gasteiger partial charge >= 0.3 is 0 Å². The molecule has 0 spiro atoms. The molecule has 0 amide bonds. The first-order valence-corrected chi connectivity index (χ1v) is 8.79. The molecular weight excluding hydrogens is 399 g/mol. The molecule has 0 atom stereocenters. The molecule has 0 fully saturated rings. The predicted molar refractivity (Wildman–Crippen MR) is 114 cm³/mol. The summed E-state index contributed by atoms with van der Waals surface area (Å²) in [6, 6.07) is 15.4. The minimum atomic E-state index is 0. The number of amidine groups is 2. The van der Waals surface area contributed by atoms with Gasteiger partial charge in [-0.2, -0.15) is 0 Å². The van der Waals surface area contributed by atoms with Crippen LogP contribution in [0.3, 0.4) is 0 Å². The summed E-state index contributed by atoms with van der Waals surface area (Å²) in [5.41, 5.74) is 12.8. The van der Waals surface area contributed by atoms with E-state index in [1.54, 1.807) is 0 Å². The molecule has 0 aliphatic carbocycles. The smallest absolute Gasteiger partial charge is 0.151 e. The molecule has 0 heterocycles. The van der Waals surface area contributed by atoms with E-state index in [1.807, 2.05) is 48.5 Å². The van der Waals surface area contributed by atoms with Crippen LogP contribution in [0, 0.1) is 10.8 Å². The number of nitrogens with one attached hydrogen (secondary N) is 2. The van der Waals surface area contributed by atoms with Gasteiger partial charge in [0.1, 0.15) is 11.5 Å². The number of halogens is 2. The van der Waals surface area contributed by atoms with Gasteiger partial charge in [0.25, 0.3) is 0 Å². The molecule has 0 aliphatic rings. The summed E-state index contributed by atoms with van der Waals surface area (Å²) >= 11 is 2.59. The van der Waals surface area contributed by atoms with E-state index in [2.05, 4.69) is 0 Å². The molecule has 0 aliphatic heterocycles. The molecule has 2 aromatic rings. The van der Waals surface area contributed by atoms with Gasteiger partial charge in [0, 0.05) is 11.5 Å². The van der Waals surface area contributed by atoms with Crippen LogP contribution in [0.25, 0.3) is 0 Å². The topological polar surface area (TPSA) is 109 Å². The third kappa shape index (κ3) is 8.92. The van der Waals surface area contributed by atoms with Crippen LogP contribution in [0.5, 0.6) is 11.5 Å². The average Bonchev–Trinajstić information content (AvgIpc) is 2.53. The van der Waals surface area contributed by atoms with Gasteiger partial charge in [-0.15, -0.1) is 24.8 Å². The van der Waals surface area contributed by atoms with E-state index in [1.165, 1.54) is 23.5 Å². The van der Waals surface area contributed by atoms with Crippen LogP contribution in [-0.2, 0) is 11.5 Å². The van der Waals surface area contributed by atoms with Crippen molar-refractivity contribution in [1.82, 2.24) is 0 Å². The Hall–Kier alpha value is -1.54. The highest BCUT2D eigenvalue weighted by atomic mass is 35.5. The molecule has 9 heteroatoms. The highest BCUT2D eigenvalue weighted by molar-refractivity contribution is 8.13. The molecule has 0 bridgehead atoms. The van der Waals surface area contributed by atoms with Gasteiger partial charge in [-0.05, 0) is 35.4 Å². The molecule has 0 unspecified atom stereocenters. The molecule has 5 nitrogen and oxygen atoms in total. The summed E-state index contributed by atoms with van der Waals surface area (Å²) in [5, 5.41) is 14.6. The lowest BCUT2D eigenvalue weighted by Crippen LogP contribution is -2.03. The molecule has 2 aromatic carbocycles. The van der Waals surface area contributed by atoms with E-state index in [4.69, 9.17) is 27.0 Å². The Kier molecular flexibility index (Phi) is 11.2. The van der Waals surface area contributed by atoms with Crippen molar-refractivity contribution in [2.75, 3.05) is 0 Å². The van der Waals surface area contributed by atoms with Gasteiger partial charge in [0.15, 0.2) is 10.3 Å². The largest absolute Gasteiger partial charge is 0.457 e. The van der Waals surface area contributed by atoms with Crippen molar-refractivity contribution >= 4 is 58.7 Å². The molecule has 2 rings (SSSR count). The minimum absolute atomic E-state index is 0. The summed E-state index contributed by atoms with van der Waals surface area (Å²) in [6.07, 6.45) is 0. The Bertz CT molecular complexity index is 622. The summed E-state index contributed by atoms with van der Waals surface area (Å²) in [6.45, 7) is 0. The maximum absolute atomic E-state index is 7.20. The van der Waals surface area contributed by atoms with Crippen molar-refractivity contribution in [3.63, 3.8) is 0 Å². The number of hydrogen-bond donors (Lipinski definition) is 4. The Morgan fingerprint density at radius 2 is 1.04 bits per heavy atom. The second-order valence-electron chi connectivity index (χ2n) is 4.70. The summed E-state index contributed by atoms with van der Waals surface area (Å²) in [5.74, 6) is 2.87. The van der Waals surface area contributed by atoms with E-state index in [0.717, 1.165) is 22.6 Å². The fourth-order valence-electron chi connectivity index (χ4n) is 1.77. The number of ether oxygens (including phenoxy) is 1. The van der Waals surface area contributed by atoms with Crippen LogP contribution in [0.2, 0.25) is 0 Å².